The first kappa shape index (κ1) is 25.9. The van der Waals surface area contributed by atoms with Crippen LogP contribution in [0.4, 0.5) is 5.82 Å². The molecule has 4 heterocycles. The van der Waals surface area contributed by atoms with Crippen molar-refractivity contribution >= 4 is 29.2 Å². The summed E-state index contributed by atoms with van der Waals surface area (Å²) >= 11 is 6.32. The molecule has 2 aliphatic rings. The molecule has 0 bridgehead atoms. The van der Waals surface area contributed by atoms with E-state index in [1.807, 2.05) is 29.2 Å². The molecule has 2 aromatic heterocycles. The summed E-state index contributed by atoms with van der Waals surface area (Å²) in [5, 5.41) is 3.29. The van der Waals surface area contributed by atoms with Crippen LogP contribution in [0.25, 0.3) is 5.95 Å². The summed E-state index contributed by atoms with van der Waals surface area (Å²) < 4.78 is 12.5. The van der Waals surface area contributed by atoms with E-state index < -0.39 is 12.1 Å². The molecule has 0 radical (unpaired) electrons. The van der Waals surface area contributed by atoms with E-state index in [9.17, 15) is 9.59 Å². The number of carbonyl (C=O) groups excluding carboxylic acids is 2. The van der Waals surface area contributed by atoms with E-state index in [1.54, 1.807) is 41.4 Å². The van der Waals surface area contributed by atoms with Crippen LogP contribution < -0.4 is 15.0 Å². The maximum Gasteiger partial charge on any atom is 0.252 e. The second-order valence-electron chi connectivity index (χ2n) is 9.20. The van der Waals surface area contributed by atoms with Crippen molar-refractivity contribution in [1.82, 2.24) is 29.7 Å². The number of hydrogen-bond acceptors (Lipinski definition) is 8. The van der Waals surface area contributed by atoms with Crippen LogP contribution in [0.5, 0.6) is 5.75 Å². The summed E-state index contributed by atoms with van der Waals surface area (Å²) in [5.74, 6) is 1.38. The number of anilines is 1. The number of aromatic nitrogens is 4. The van der Waals surface area contributed by atoms with Crippen molar-refractivity contribution in [3.8, 4) is 11.7 Å². The summed E-state index contributed by atoms with van der Waals surface area (Å²) in [5.41, 5.74) is 1.08. The Morgan fingerprint density at radius 1 is 1.21 bits per heavy atom. The van der Waals surface area contributed by atoms with Gasteiger partial charge in [-0.15, -0.1) is 0 Å². The number of amides is 2. The average molecular weight is 540 g/mol. The molecule has 38 heavy (non-hydrogen) atoms. The van der Waals surface area contributed by atoms with Gasteiger partial charge in [0, 0.05) is 51.2 Å². The molecule has 3 aromatic rings. The molecular formula is C26H30ClN7O4. The van der Waals surface area contributed by atoms with Gasteiger partial charge in [0.1, 0.15) is 35.2 Å². The normalized spacial score (nSPS) is 19.4. The lowest BCUT2D eigenvalue weighted by Crippen LogP contribution is -2.62. The Hall–Kier alpha value is -3.70. The molecule has 2 unspecified atom stereocenters. The molecule has 2 amide bonds. The number of hydrogen-bond donors (Lipinski definition) is 1. The summed E-state index contributed by atoms with van der Waals surface area (Å²) in [6, 6.07) is 8.68. The molecule has 11 nitrogen and oxygen atoms in total. The highest BCUT2D eigenvalue weighted by Crippen LogP contribution is 2.24. The maximum atomic E-state index is 13.5. The minimum absolute atomic E-state index is 0.141. The Balaban J connectivity index is 1.31. The summed E-state index contributed by atoms with van der Waals surface area (Å²) in [7, 11) is 1.63. The van der Waals surface area contributed by atoms with Crippen LogP contribution in [0.2, 0.25) is 5.15 Å². The van der Waals surface area contributed by atoms with E-state index in [-0.39, 0.29) is 23.5 Å². The van der Waals surface area contributed by atoms with Crippen LogP contribution in [0, 0.1) is 0 Å². The molecule has 5 rings (SSSR count). The largest absolute Gasteiger partial charge is 0.497 e. The van der Waals surface area contributed by atoms with Gasteiger partial charge in [0.15, 0.2) is 0 Å². The van der Waals surface area contributed by atoms with Gasteiger partial charge in [0.25, 0.3) is 5.91 Å². The molecule has 200 valence electrons. The topological polar surface area (TPSA) is 115 Å². The number of halogens is 1. The monoisotopic (exact) mass is 539 g/mol. The van der Waals surface area contributed by atoms with E-state index in [4.69, 9.17) is 21.1 Å². The quantitative estimate of drug-likeness (QED) is 0.432. The maximum absolute atomic E-state index is 13.5. The van der Waals surface area contributed by atoms with Gasteiger partial charge in [0.2, 0.25) is 11.9 Å². The minimum Gasteiger partial charge on any atom is -0.497 e. The van der Waals surface area contributed by atoms with E-state index in [2.05, 4.69) is 20.3 Å². The second-order valence-corrected chi connectivity index (χ2v) is 9.59. The lowest BCUT2D eigenvalue weighted by Gasteiger charge is -2.41. The van der Waals surface area contributed by atoms with E-state index in [0.717, 1.165) is 17.7 Å². The van der Waals surface area contributed by atoms with Crippen LogP contribution in [0.1, 0.15) is 18.4 Å². The fraction of sp³-hybridized carbons (Fsp3) is 0.423. The van der Waals surface area contributed by atoms with Crippen molar-refractivity contribution in [2.75, 3.05) is 44.8 Å². The van der Waals surface area contributed by atoms with Gasteiger partial charge < -0.3 is 24.6 Å². The first-order valence-electron chi connectivity index (χ1n) is 12.6. The van der Waals surface area contributed by atoms with Crippen LogP contribution >= 0.6 is 11.6 Å². The minimum atomic E-state index is -0.707. The van der Waals surface area contributed by atoms with Crippen molar-refractivity contribution in [1.29, 1.82) is 0 Å². The van der Waals surface area contributed by atoms with Crippen LogP contribution in [0.3, 0.4) is 0 Å². The number of ether oxygens (including phenoxy) is 2. The molecule has 2 aliphatic heterocycles. The third kappa shape index (κ3) is 5.89. The van der Waals surface area contributed by atoms with Gasteiger partial charge in [-0.25, -0.2) is 9.97 Å². The zero-order valence-corrected chi connectivity index (χ0v) is 21.9. The Morgan fingerprint density at radius 2 is 2.05 bits per heavy atom. The first-order valence-corrected chi connectivity index (χ1v) is 13.0. The predicted molar refractivity (Wildman–Crippen MR) is 141 cm³/mol. The van der Waals surface area contributed by atoms with Crippen LogP contribution in [-0.2, 0) is 20.7 Å². The summed E-state index contributed by atoms with van der Waals surface area (Å²) in [6.45, 7) is 2.12. The number of rotatable bonds is 8. The zero-order chi connectivity index (χ0) is 26.5. The van der Waals surface area contributed by atoms with Gasteiger partial charge in [-0.05, 0) is 37.0 Å². The molecule has 1 N–H and O–H groups in total. The number of imidazole rings is 1. The van der Waals surface area contributed by atoms with Crippen LogP contribution in [-0.4, -0.2) is 88.3 Å². The Bertz CT molecular complexity index is 1250. The SMILES string of the molecule is COc1ccc(CCNC(=O)C2CN(c3cc(Cl)nc(-n4ccnc4)n3)CCN2C(=O)C2CCCO2)cc1. The first-order chi connectivity index (χ1) is 18.5. The van der Waals surface area contributed by atoms with Gasteiger partial charge in [-0.1, -0.05) is 23.7 Å². The number of methoxy groups -OCH3 is 1. The van der Waals surface area contributed by atoms with Gasteiger partial charge in [0.05, 0.1) is 7.11 Å². The second kappa shape index (κ2) is 11.8. The standard InChI is InChI=1S/C26H30ClN7O4/c1-37-19-6-4-18(5-7-19)8-9-29-24(35)20-16-32(12-13-34(20)25(36)21-3-2-14-38-21)23-15-22(27)30-26(31-23)33-11-10-28-17-33/h4-7,10-11,15,17,20-21H,2-3,8-9,12-14,16H2,1H3,(H,29,35). The van der Waals surface area contributed by atoms with E-state index >= 15 is 0 Å². The van der Waals surface area contributed by atoms with Crippen molar-refractivity contribution in [2.45, 2.75) is 31.4 Å². The third-order valence-electron chi connectivity index (χ3n) is 6.77. The third-order valence-corrected chi connectivity index (χ3v) is 6.97. The number of carbonyl (C=O) groups is 2. The van der Waals surface area contributed by atoms with Crippen LogP contribution in [0.15, 0.2) is 49.1 Å². The molecule has 12 heteroatoms. The summed E-state index contributed by atoms with van der Waals surface area (Å²) in [6.07, 6.45) is 6.61. The molecule has 2 atom stereocenters. The molecule has 2 fully saturated rings. The highest BCUT2D eigenvalue weighted by molar-refractivity contribution is 6.29. The van der Waals surface area contributed by atoms with E-state index in [0.29, 0.717) is 50.8 Å². The molecule has 0 saturated carbocycles. The molecule has 1 aromatic carbocycles. The lowest BCUT2D eigenvalue weighted by molar-refractivity contribution is -0.148. The molecular weight excluding hydrogens is 510 g/mol. The highest BCUT2D eigenvalue weighted by atomic mass is 35.5. The van der Waals surface area contributed by atoms with E-state index in [1.165, 1.54) is 0 Å². The lowest BCUT2D eigenvalue weighted by atomic mass is 10.1. The average Bonchev–Trinajstić information content (AvgIpc) is 3.68. The Labute approximate surface area is 225 Å². The van der Waals surface area contributed by atoms with Gasteiger partial charge >= 0.3 is 0 Å². The van der Waals surface area contributed by atoms with Gasteiger partial charge in [-0.3, -0.25) is 14.2 Å². The smallest absolute Gasteiger partial charge is 0.252 e. The Morgan fingerprint density at radius 3 is 2.76 bits per heavy atom. The van der Waals surface area contributed by atoms with Crippen molar-refractivity contribution in [2.24, 2.45) is 0 Å². The molecule has 2 saturated heterocycles. The van der Waals surface area contributed by atoms with Crippen molar-refractivity contribution in [3.05, 3.63) is 59.8 Å². The number of nitrogens with one attached hydrogen (secondary N) is 1. The molecule has 0 aliphatic carbocycles. The number of nitrogens with zero attached hydrogens (tertiary/aromatic N) is 6. The highest BCUT2D eigenvalue weighted by Gasteiger charge is 2.39. The van der Waals surface area contributed by atoms with Gasteiger partial charge in [-0.2, -0.15) is 4.98 Å². The predicted octanol–water partition coefficient (Wildman–Crippen LogP) is 1.88. The van der Waals surface area contributed by atoms with Crippen molar-refractivity contribution in [3.63, 3.8) is 0 Å². The summed E-state index contributed by atoms with van der Waals surface area (Å²) in [4.78, 5) is 43.3. The zero-order valence-electron chi connectivity index (χ0n) is 21.1. The fourth-order valence-electron chi connectivity index (χ4n) is 4.73. The number of piperazine rings is 1. The van der Waals surface area contributed by atoms with Crippen molar-refractivity contribution < 1.29 is 19.1 Å². The number of benzene rings is 1. The fourth-order valence-corrected chi connectivity index (χ4v) is 4.90. The Kier molecular flexibility index (Phi) is 8.04. The molecule has 0 spiro atoms.